The van der Waals surface area contributed by atoms with E-state index in [9.17, 15) is 9.18 Å². The molecule has 4 nitrogen and oxygen atoms in total. The van der Waals surface area contributed by atoms with Crippen LogP contribution in [0.15, 0.2) is 60.8 Å². The minimum Gasteiger partial charge on any atom is -0.481 e. The Kier molecular flexibility index (Phi) is 5.27. The lowest BCUT2D eigenvalue weighted by Gasteiger charge is -2.14. The van der Waals surface area contributed by atoms with E-state index in [0.29, 0.717) is 12.2 Å². The van der Waals surface area contributed by atoms with Crippen molar-refractivity contribution in [2.75, 3.05) is 0 Å². The van der Waals surface area contributed by atoms with Crippen LogP contribution in [-0.2, 0) is 17.6 Å². The molecule has 0 bridgehead atoms. The molecular weight excluding hydrogens is 381 g/mol. The zero-order chi connectivity index (χ0) is 21.3. The van der Waals surface area contributed by atoms with Gasteiger partial charge in [0.1, 0.15) is 17.3 Å². The van der Waals surface area contributed by atoms with Crippen molar-refractivity contribution in [1.82, 2.24) is 4.98 Å². The van der Waals surface area contributed by atoms with E-state index in [2.05, 4.69) is 4.98 Å². The second kappa shape index (κ2) is 8.03. The maximum atomic E-state index is 13.2. The number of H-pyrrole nitrogens is 1. The quantitative estimate of drug-likeness (QED) is 0.419. The number of aryl methyl sites for hydroxylation is 2. The lowest BCUT2D eigenvalue weighted by atomic mass is 10.0. The molecule has 30 heavy (non-hydrogen) atoms. The summed E-state index contributed by atoms with van der Waals surface area (Å²) >= 11 is 0. The molecule has 0 saturated heterocycles. The van der Waals surface area contributed by atoms with Crippen LogP contribution in [0.4, 0.5) is 4.39 Å². The molecule has 0 aliphatic rings. The average molecular weight is 403 g/mol. The maximum Gasteiger partial charge on any atom is 0.307 e. The monoisotopic (exact) mass is 403 g/mol. The zero-order valence-electron chi connectivity index (χ0n) is 16.8. The summed E-state index contributed by atoms with van der Waals surface area (Å²) in [6, 6.07) is 16.1. The van der Waals surface area contributed by atoms with Gasteiger partial charge in [-0.15, -0.1) is 0 Å². The van der Waals surface area contributed by atoms with Crippen molar-refractivity contribution < 1.29 is 19.0 Å². The number of aromatic nitrogens is 1. The van der Waals surface area contributed by atoms with Gasteiger partial charge in [-0.1, -0.05) is 24.3 Å². The summed E-state index contributed by atoms with van der Waals surface area (Å²) in [5.74, 6) is 0.348. The number of hydrogen-bond donors (Lipinski definition) is 2. The Hall–Kier alpha value is -3.60. The van der Waals surface area contributed by atoms with Gasteiger partial charge in [0, 0.05) is 17.1 Å². The van der Waals surface area contributed by atoms with Gasteiger partial charge in [-0.3, -0.25) is 4.79 Å². The van der Waals surface area contributed by atoms with Crippen molar-refractivity contribution in [3.05, 3.63) is 94.4 Å². The van der Waals surface area contributed by atoms with Gasteiger partial charge in [-0.2, -0.15) is 0 Å². The fourth-order valence-corrected chi connectivity index (χ4v) is 3.78. The molecule has 152 valence electrons. The van der Waals surface area contributed by atoms with Crippen LogP contribution < -0.4 is 4.74 Å². The highest BCUT2D eigenvalue weighted by atomic mass is 19.1. The molecule has 0 atom stereocenters. The Bertz CT molecular complexity index is 1200. The normalized spacial score (nSPS) is 11.0. The number of carbonyl (C=O) groups is 1. The van der Waals surface area contributed by atoms with Gasteiger partial charge in [0.15, 0.2) is 0 Å². The van der Waals surface area contributed by atoms with Crippen LogP contribution >= 0.6 is 0 Å². The van der Waals surface area contributed by atoms with Crippen LogP contribution in [0.2, 0.25) is 0 Å². The van der Waals surface area contributed by atoms with E-state index in [1.165, 1.54) is 12.1 Å². The standard InChI is InChI=1S/C25H22FNO3/c1-15-9-18(12-24(28)29)10-16(2)25(15)30-21-7-8-23-22(13-21)19(14-27-23)11-17-3-5-20(26)6-4-17/h3-10,13-14,27H,11-12H2,1-2H3,(H,28,29). The summed E-state index contributed by atoms with van der Waals surface area (Å²) in [5, 5.41) is 10.1. The molecule has 0 radical (unpaired) electrons. The topological polar surface area (TPSA) is 62.3 Å². The van der Waals surface area contributed by atoms with Gasteiger partial charge in [-0.05, 0) is 78.4 Å². The number of halogens is 1. The van der Waals surface area contributed by atoms with E-state index >= 15 is 0 Å². The van der Waals surface area contributed by atoms with E-state index < -0.39 is 5.97 Å². The molecule has 2 N–H and O–H groups in total. The maximum absolute atomic E-state index is 13.2. The highest BCUT2D eigenvalue weighted by molar-refractivity contribution is 5.85. The number of nitrogens with one attached hydrogen (secondary N) is 1. The van der Waals surface area contributed by atoms with Crippen molar-refractivity contribution in [2.45, 2.75) is 26.7 Å². The van der Waals surface area contributed by atoms with Gasteiger partial charge in [-0.25, -0.2) is 4.39 Å². The SMILES string of the molecule is Cc1cc(CC(=O)O)cc(C)c1Oc1ccc2[nH]cc(Cc3ccc(F)cc3)c2c1. The molecule has 0 fully saturated rings. The number of aromatic amines is 1. The molecule has 0 aliphatic heterocycles. The molecule has 0 amide bonds. The summed E-state index contributed by atoms with van der Waals surface area (Å²) in [6.45, 7) is 3.84. The molecule has 4 aromatic rings. The number of carboxylic acid groups (broad SMARTS) is 1. The van der Waals surface area contributed by atoms with Crippen LogP contribution in [0.25, 0.3) is 10.9 Å². The second-order valence-corrected chi connectivity index (χ2v) is 7.56. The molecule has 5 heteroatoms. The first kappa shape index (κ1) is 19.7. The van der Waals surface area contributed by atoms with Crippen LogP contribution in [-0.4, -0.2) is 16.1 Å². The highest BCUT2D eigenvalue weighted by Crippen LogP contribution is 2.33. The molecule has 0 spiro atoms. The molecule has 4 rings (SSSR count). The van der Waals surface area contributed by atoms with Crippen molar-refractivity contribution in [1.29, 1.82) is 0 Å². The van der Waals surface area contributed by atoms with E-state index in [0.717, 1.165) is 44.5 Å². The number of fused-ring (bicyclic) bond motifs is 1. The van der Waals surface area contributed by atoms with Crippen LogP contribution in [0, 0.1) is 19.7 Å². The zero-order valence-corrected chi connectivity index (χ0v) is 16.8. The number of carboxylic acids is 1. The number of ether oxygens (including phenoxy) is 1. The molecule has 0 unspecified atom stereocenters. The van der Waals surface area contributed by atoms with Crippen molar-refractivity contribution in [3.8, 4) is 11.5 Å². The summed E-state index contributed by atoms with van der Waals surface area (Å²) in [4.78, 5) is 14.3. The first-order chi connectivity index (χ1) is 14.4. The molecule has 1 aromatic heterocycles. The van der Waals surface area contributed by atoms with Gasteiger partial charge < -0.3 is 14.8 Å². The number of hydrogen-bond acceptors (Lipinski definition) is 2. The van der Waals surface area contributed by atoms with E-state index in [4.69, 9.17) is 9.84 Å². The Morgan fingerprint density at radius 1 is 1.00 bits per heavy atom. The van der Waals surface area contributed by atoms with E-state index in [-0.39, 0.29) is 12.2 Å². The number of benzene rings is 3. The Morgan fingerprint density at radius 3 is 2.37 bits per heavy atom. The van der Waals surface area contributed by atoms with E-state index in [1.54, 1.807) is 12.1 Å². The smallest absolute Gasteiger partial charge is 0.307 e. The third-order valence-electron chi connectivity index (χ3n) is 5.14. The minimum atomic E-state index is -0.853. The van der Waals surface area contributed by atoms with Crippen molar-refractivity contribution in [3.63, 3.8) is 0 Å². The molecule has 3 aromatic carbocycles. The van der Waals surface area contributed by atoms with Crippen LogP contribution in [0.1, 0.15) is 27.8 Å². The lowest BCUT2D eigenvalue weighted by Crippen LogP contribution is -2.02. The average Bonchev–Trinajstić information content (AvgIpc) is 3.08. The van der Waals surface area contributed by atoms with Gasteiger partial charge in [0.25, 0.3) is 0 Å². The third kappa shape index (κ3) is 4.20. The molecule has 0 aliphatic carbocycles. The van der Waals surface area contributed by atoms with Gasteiger partial charge in [0.05, 0.1) is 6.42 Å². The van der Waals surface area contributed by atoms with Crippen LogP contribution in [0.3, 0.4) is 0 Å². The van der Waals surface area contributed by atoms with Crippen LogP contribution in [0.5, 0.6) is 11.5 Å². The largest absolute Gasteiger partial charge is 0.481 e. The summed E-state index contributed by atoms with van der Waals surface area (Å²) in [7, 11) is 0. The Balaban J connectivity index is 1.62. The Morgan fingerprint density at radius 2 is 1.70 bits per heavy atom. The first-order valence-electron chi connectivity index (χ1n) is 9.73. The predicted molar refractivity (Wildman–Crippen MR) is 115 cm³/mol. The highest BCUT2D eigenvalue weighted by Gasteiger charge is 2.12. The summed E-state index contributed by atoms with van der Waals surface area (Å²) < 4.78 is 19.4. The van der Waals surface area contributed by atoms with Gasteiger partial charge >= 0.3 is 5.97 Å². The molecule has 1 heterocycles. The van der Waals surface area contributed by atoms with Crippen molar-refractivity contribution >= 4 is 16.9 Å². The minimum absolute atomic E-state index is 0.00991. The summed E-state index contributed by atoms with van der Waals surface area (Å²) in [6.07, 6.45) is 2.64. The molecule has 0 saturated carbocycles. The van der Waals surface area contributed by atoms with Gasteiger partial charge in [0.2, 0.25) is 0 Å². The Labute approximate surface area is 173 Å². The second-order valence-electron chi connectivity index (χ2n) is 7.56. The van der Waals surface area contributed by atoms with Crippen molar-refractivity contribution in [2.24, 2.45) is 0 Å². The predicted octanol–water partition coefficient (Wildman–Crippen LogP) is 5.93. The first-order valence-corrected chi connectivity index (χ1v) is 9.73. The number of aliphatic carboxylic acids is 1. The molecular formula is C25H22FNO3. The lowest BCUT2D eigenvalue weighted by molar-refractivity contribution is -0.136. The summed E-state index contributed by atoms with van der Waals surface area (Å²) in [5.41, 5.74) is 5.69. The number of rotatable bonds is 6. The fourth-order valence-electron chi connectivity index (χ4n) is 3.78. The van der Waals surface area contributed by atoms with E-state index in [1.807, 2.05) is 50.4 Å². The fraction of sp³-hybridized carbons (Fsp3) is 0.160. The third-order valence-corrected chi connectivity index (χ3v) is 5.14.